The molecule has 0 unspecified atom stereocenters. The number of nitrogens with zero attached hydrogens (tertiary/aromatic N) is 4. The van der Waals surface area contributed by atoms with E-state index in [0.29, 0.717) is 49.0 Å². The van der Waals surface area contributed by atoms with E-state index in [1.165, 1.54) is 0 Å². The molecule has 0 spiro atoms. The molecule has 0 saturated carbocycles. The first-order valence-corrected chi connectivity index (χ1v) is 10.1. The molecule has 1 aromatic carbocycles. The summed E-state index contributed by atoms with van der Waals surface area (Å²) < 4.78 is 68.5. The fraction of sp³-hybridized carbons (Fsp3) is 0.318. The number of pyridine rings is 2. The van der Waals surface area contributed by atoms with Gasteiger partial charge in [0, 0.05) is 43.8 Å². The van der Waals surface area contributed by atoms with Gasteiger partial charge in [-0.1, -0.05) is 6.07 Å². The topological polar surface area (TPSA) is 58.6 Å². The van der Waals surface area contributed by atoms with E-state index in [4.69, 9.17) is 4.74 Å². The average molecular weight is 466 g/mol. The molecule has 0 bridgehead atoms. The standard InChI is InChI=1S/C22H19F5N4O2/c23-19(24)13-30-7-9-31(10-8-30)21(32)18-4-1-14-11-16(3-5-17(14)29-18)33-20-6-2-15(12-28-20)22(25,26)27/h1-6,11-12,19H,7-10,13H2. The van der Waals surface area contributed by atoms with E-state index in [-0.39, 0.29) is 24.0 Å². The minimum Gasteiger partial charge on any atom is -0.439 e. The van der Waals surface area contributed by atoms with Crippen LogP contribution in [0.15, 0.2) is 48.7 Å². The summed E-state index contributed by atoms with van der Waals surface area (Å²) in [7, 11) is 0. The van der Waals surface area contributed by atoms with Crippen molar-refractivity contribution < 1.29 is 31.5 Å². The van der Waals surface area contributed by atoms with Crippen molar-refractivity contribution in [2.24, 2.45) is 0 Å². The van der Waals surface area contributed by atoms with Gasteiger partial charge in [0.1, 0.15) is 11.4 Å². The third-order valence-electron chi connectivity index (χ3n) is 5.22. The molecule has 0 N–H and O–H groups in total. The lowest BCUT2D eigenvalue weighted by Crippen LogP contribution is -2.49. The van der Waals surface area contributed by atoms with E-state index < -0.39 is 18.2 Å². The van der Waals surface area contributed by atoms with Gasteiger partial charge in [-0.2, -0.15) is 13.2 Å². The summed E-state index contributed by atoms with van der Waals surface area (Å²) in [5.74, 6) is 0.0850. The SMILES string of the molecule is O=C(c1ccc2cc(Oc3ccc(C(F)(F)F)cn3)ccc2n1)N1CCN(CC(F)F)CC1. The summed E-state index contributed by atoms with van der Waals surface area (Å²) in [5, 5.41) is 0.665. The molecule has 1 fully saturated rings. The third kappa shape index (κ3) is 5.54. The van der Waals surface area contributed by atoms with E-state index in [9.17, 15) is 26.7 Å². The minimum absolute atomic E-state index is 0.00749. The van der Waals surface area contributed by atoms with Crippen molar-refractivity contribution in [2.45, 2.75) is 12.6 Å². The van der Waals surface area contributed by atoms with Gasteiger partial charge in [-0.25, -0.2) is 18.7 Å². The van der Waals surface area contributed by atoms with Crippen LogP contribution in [-0.4, -0.2) is 64.8 Å². The maximum Gasteiger partial charge on any atom is 0.417 e. The molecule has 3 aromatic rings. The number of carbonyl (C=O) groups is 1. The first-order chi connectivity index (χ1) is 15.7. The molecule has 1 amide bonds. The number of amides is 1. The van der Waals surface area contributed by atoms with Gasteiger partial charge in [0.05, 0.1) is 17.6 Å². The second-order valence-electron chi connectivity index (χ2n) is 7.52. The number of halogens is 5. The summed E-state index contributed by atoms with van der Waals surface area (Å²) in [5.41, 5.74) is -0.0991. The van der Waals surface area contributed by atoms with Gasteiger partial charge in [-0.15, -0.1) is 0 Å². The van der Waals surface area contributed by atoms with E-state index in [1.807, 2.05) is 0 Å². The molecule has 3 heterocycles. The Morgan fingerprint density at radius 1 is 1.03 bits per heavy atom. The normalized spacial score (nSPS) is 15.3. The Hall–Kier alpha value is -3.34. The Morgan fingerprint density at radius 2 is 1.79 bits per heavy atom. The van der Waals surface area contributed by atoms with Gasteiger partial charge in [-0.05, 0) is 30.3 Å². The Balaban J connectivity index is 1.43. The highest BCUT2D eigenvalue weighted by Crippen LogP contribution is 2.30. The Morgan fingerprint density at radius 3 is 2.42 bits per heavy atom. The van der Waals surface area contributed by atoms with Crippen LogP contribution in [0.3, 0.4) is 0 Å². The van der Waals surface area contributed by atoms with Gasteiger partial charge in [-0.3, -0.25) is 9.69 Å². The Labute approximate surface area is 185 Å². The van der Waals surface area contributed by atoms with Crippen molar-refractivity contribution in [3.8, 4) is 11.6 Å². The van der Waals surface area contributed by atoms with Crippen LogP contribution in [0, 0.1) is 0 Å². The predicted octanol–water partition coefficient (Wildman–Crippen LogP) is 4.46. The first kappa shape index (κ1) is 22.8. The van der Waals surface area contributed by atoms with Crippen molar-refractivity contribution in [1.82, 2.24) is 19.8 Å². The third-order valence-corrected chi connectivity index (χ3v) is 5.22. The molecule has 2 aromatic heterocycles. The zero-order chi connectivity index (χ0) is 23.6. The van der Waals surface area contributed by atoms with Crippen LogP contribution in [-0.2, 0) is 6.18 Å². The van der Waals surface area contributed by atoms with Crippen molar-refractivity contribution in [1.29, 1.82) is 0 Å². The largest absolute Gasteiger partial charge is 0.439 e. The second kappa shape index (κ2) is 9.26. The Bertz CT molecular complexity index is 1130. The van der Waals surface area contributed by atoms with Crippen LogP contribution >= 0.6 is 0 Å². The fourth-order valence-electron chi connectivity index (χ4n) is 3.51. The summed E-state index contributed by atoms with van der Waals surface area (Å²) in [6, 6.07) is 10.1. The number of carbonyl (C=O) groups excluding carboxylic acids is 1. The zero-order valence-corrected chi connectivity index (χ0v) is 17.2. The summed E-state index contributed by atoms with van der Waals surface area (Å²) in [6.45, 7) is 1.14. The fourth-order valence-corrected chi connectivity index (χ4v) is 3.51. The molecule has 6 nitrogen and oxygen atoms in total. The smallest absolute Gasteiger partial charge is 0.417 e. The summed E-state index contributed by atoms with van der Waals surface area (Å²) in [6.07, 6.45) is -6.18. The first-order valence-electron chi connectivity index (χ1n) is 10.1. The van der Waals surface area contributed by atoms with Gasteiger partial charge in [0.2, 0.25) is 5.88 Å². The monoisotopic (exact) mass is 466 g/mol. The molecule has 174 valence electrons. The van der Waals surface area contributed by atoms with Crippen molar-refractivity contribution in [3.05, 3.63) is 59.9 Å². The van der Waals surface area contributed by atoms with Crippen LogP contribution in [0.1, 0.15) is 16.1 Å². The van der Waals surface area contributed by atoms with E-state index in [0.717, 1.165) is 12.1 Å². The number of piperazine rings is 1. The summed E-state index contributed by atoms with van der Waals surface area (Å²) in [4.78, 5) is 24.0. The van der Waals surface area contributed by atoms with Crippen LogP contribution in [0.4, 0.5) is 22.0 Å². The van der Waals surface area contributed by atoms with Gasteiger partial charge in [0.25, 0.3) is 12.3 Å². The zero-order valence-electron chi connectivity index (χ0n) is 17.2. The van der Waals surface area contributed by atoms with Crippen molar-refractivity contribution in [2.75, 3.05) is 32.7 Å². The molecule has 33 heavy (non-hydrogen) atoms. The highest BCUT2D eigenvalue weighted by molar-refractivity contribution is 5.95. The van der Waals surface area contributed by atoms with E-state index in [1.54, 1.807) is 40.1 Å². The summed E-state index contributed by atoms with van der Waals surface area (Å²) >= 11 is 0. The van der Waals surface area contributed by atoms with Crippen LogP contribution < -0.4 is 4.74 Å². The van der Waals surface area contributed by atoms with Crippen LogP contribution in [0.5, 0.6) is 11.6 Å². The predicted molar refractivity (Wildman–Crippen MR) is 109 cm³/mol. The molecule has 0 aliphatic carbocycles. The number of ether oxygens (including phenoxy) is 1. The number of rotatable bonds is 5. The minimum atomic E-state index is -4.48. The molecule has 0 radical (unpaired) electrons. The Kier molecular flexibility index (Phi) is 6.41. The highest BCUT2D eigenvalue weighted by Gasteiger charge is 2.30. The van der Waals surface area contributed by atoms with Crippen molar-refractivity contribution in [3.63, 3.8) is 0 Å². The molecule has 1 aliphatic heterocycles. The number of hydrogen-bond acceptors (Lipinski definition) is 5. The maximum atomic E-state index is 12.8. The lowest BCUT2D eigenvalue weighted by molar-refractivity contribution is -0.137. The lowest BCUT2D eigenvalue weighted by Gasteiger charge is -2.34. The van der Waals surface area contributed by atoms with Gasteiger partial charge in [0.15, 0.2) is 0 Å². The number of hydrogen-bond donors (Lipinski definition) is 0. The second-order valence-corrected chi connectivity index (χ2v) is 7.52. The van der Waals surface area contributed by atoms with Gasteiger partial charge < -0.3 is 9.64 Å². The quantitative estimate of drug-likeness (QED) is 0.520. The molecule has 11 heteroatoms. The molecule has 0 atom stereocenters. The molecule has 1 saturated heterocycles. The highest BCUT2D eigenvalue weighted by atomic mass is 19.4. The number of alkyl halides is 5. The average Bonchev–Trinajstić information content (AvgIpc) is 2.78. The number of benzene rings is 1. The van der Waals surface area contributed by atoms with E-state index >= 15 is 0 Å². The molecule has 1 aliphatic rings. The molecular formula is C22H19F5N4O2. The van der Waals surface area contributed by atoms with Crippen LogP contribution in [0.25, 0.3) is 10.9 Å². The number of fused-ring (bicyclic) bond motifs is 1. The van der Waals surface area contributed by atoms with E-state index in [2.05, 4.69) is 9.97 Å². The maximum absolute atomic E-state index is 12.8. The van der Waals surface area contributed by atoms with Crippen molar-refractivity contribution >= 4 is 16.8 Å². The lowest BCUT2D eigenvalue weighted by atomic mass is 10.1. The number of aromatic nitrogens is 2. The molecule has 4 rings (SSSR count). The van der Waals surface area contributed by atoms with Gasteiger partial charge >= 0.3 is 6.18 Å². The van der Waals surface area contributed by atoms with Crippen LogP contribution in [0.2, 0.25) is 0 Å². The molecular weight excluding hydrogens is 447 g/mol.